The van der Waals surface area contributed by atoms with Crippen LogP contribution in [0.15, 0.2) is 55.0 Å². The van der Waals surface area contributed by atoms with Crippen LogP contribution in [-0.2, 0) is 11.2 Å². The number of hydrogen-bond acceptors (Lipinski definition) is 6. The number of carbonyl (C=O) groups excluding carboxylic acids is 1. The maximum Gasteiger partial charge on any atom is 0.573 e. The molecule has 1 fully saturated rings. The highest BCUT2D eigenvalue weighted by Gasteiger charge is 2.33. The number of ether oxygens (including phenoxy) is 2. The van der Waals surface area contributed by atoms with Gasteiger partial charge in [0.05, 0.1) is 37.3 Å². The van der Waals surface area contributed by atoms with E-state index < -0.39 is 6.36 Å². The van der Waals surface area contributed by atoms with E-state index in [2.05, 4.69) is 20.8 Å². The first kappa shape index (κ1) is 24.1. The molecule has 11 heteroatoms. The van der Waals surface area contributed by atoms with Gasteiger partial charge >= 0.3 is 6.36 Å². The van der Waals surface area contributed by atoms with Gasteiger partial charge in [0.25, 0.3) is 0 Å². The number of rotatable bonds is 7. The predicted molar refractivity (Wildman–Crippen MR) is 120 cm³/mol. The molecule has 1 amide bonds. The number of hydrogen-bond donors (Lipinski definition) is 1. The van der Waals surface area contributed by atoms with E-state index in [1.54, 1.807) is 30.7 Å². The minimum absolute atomic E-state index is 0.0570. The Morgan fingerprint density at radius 2 is 2.06 bits per heavy atom. The zero-order chi connectivity index (χ0) is 25.0. The highest BCUT2D eigenvalue weighted by molar-refractivity contribution is 5.95. The zero-order valence-electron chi connectivity index (χ0n) is 18.7. The van der Waals surface area contributed by atoms with Crippen LogP contribution in [0.3, 0.4) is 0 Å². The van der Waals surface area contributed by atoms with Crippen molar-refractivity contribution in [1.29, 1.82) is 5.26 Å². The Morgan fingerprint density at radius 1 is 1.23 bits per heavy atom. The SMILES string of the molecule is COc1cc(CC(c2cnc[nH]2)N2CCN(c3cccc(OC(F)(F)F)c3)C(=O)C2)ccc1C#N. The van der Waals surface area contributed by atoms with Crippen molar-refractivity contribution in [3.63, 3.8) is 0 Å². The number of nitrogens with zero attached hydrogens (tertiary/aromatic N) is 4. The molecule has 0 aliphatic carbocycles. The summed E-state index contributed by atoms with van der Waals surface area (Å²) in [4.78, 5) is 23.7. The molecule has 3 aromatic rings. The summed E-state index contributed by atoms with van der Waals surface area (Å²) in [5.41, 5.74) is 2.49. The van der Waals surface area contributed by atoms with Gasteiger partial charge in [-0.05, 0) is 36.2 Å². The first-order valence-corrected chi connectivity index (χ1v) is 10.7. The molecule has 2 aromatic carbocycles. The molecule has 1 N–H and O–H groups in total. The van der Waals surface area contributed by atoms with E-state index in [-0.39, 0.29) is 30.8 Å². The fraction of sp³-hybridized carbons (Fsp3) is 0.292. The van der Waals surface area contributed by atoms with Gasteiger partial charge in [-0.25, -0.2) is 4.98 Å². The Morgan fingerprint density at radius 3 is 2.71 bits per heavy atom. The number of imidazole rings is 1. The van der Waals surface area contributed by atoms with Crippen LogP contribution in [0, 0.1) is 11.3 Å². The van der Waals surface area contributed by atoms with Crippen molar-refractivity contribution in [2.24, 2.45) is 0 Å². The fourth-order valence-corrected chi connectivity index (χ4v) is 4.14. The van der Waals surface area contributed by atoms with E-state index in [4.69, 9.17) is 4.74 Å². The fourth-order valence-electron chi connectivity index (χ4n) is 4.14. The number of alkyl halides is 3. The summed E-state index contributed by atoms with van der Waals surface area (Å²) >= 11 is 0. The molecular weight excluding hydrogens is 463 g/mol. The van der Waals surface area contributed by atoms with E-state index in [9.17, 15) is 23.2 Å². The average Bonchev–Trinajstić information content (AvgIpc) is 3.36. The van der Waals surface area contributed by atoms with E-state index in [0.29, 0.717) is 30.0 Å². The number of anilines is 1. The van der Waals surface area contributed by atoms with Crippen molar-refractivity contribution in [2.45, 2.75) is 18.8 Å². The Hall–Kier alpha value is -4.04. The molecule has 2 heterocycles. The summed E-state index contributed by atoms with van der Waals surface area (Å²) in [6.07, 6.45) is -1.04. The third kappa shape index (κ3) is 5.73. The van der Waals surface area contributed by atoms with Crippen molar-refractivity contribution < 1.29 is 27.4 Å². The van der Waals surface area contributed by atoms with Gasteiger partial charge in [-0.1, -0.05) is 12.1 Å². The summed E-state index contributed by atoms with van der Waals surface area (Å²) in [5, 5.41) is 9.24. The van der Waals surface area contributed by atoms with Crippen LogP contribution in [-0.4, -0.2) is 53.9 Å². The Labute approximate surface area is 199 Å². The molecular formula is C24H22F3N5O3. The van der Waals surface area contributed by atoms with E-state index in [1.807, 2.05) is 11.0 Å². The molecule has 8 nitrogen and oxygen atoms in total. The third-order valence-electron chi connectivity index (χ3n) is 5.75. The number of aromatic nitrogens is 2. The van der Waals surface area contributed by atoms with Crippen molar-refractivity contribution in [3.05, 3.63) is 71.8 Å². The second kappa shape index (κ2) is 10.1. The Kier molecular flexibility index (Phi) is 6.93. The highest BCUT2D eigenvalue weighted by atomic mass is 19.4. The van der Waals surface area contributed by atoms with Gasteiger partial charge < -0.3 is 19.4 Å². The van der Waals surface area contributed by atoms with Crippen molar-refractivity contribution >= 4 is 11.6 Å². The number of H-pyrrole nitrogens is 1. The van der Waals surface area contributed by atoms with Crippen LogP contribution < -0.4 is 14.4 Å². The Bertz CT molecular complexity index is 1220. The molecule has 0 spiro atoms. The largest absolute Gasteiger partial charge is 0.573 e. The lowest BCUT2D eigenvalue weighted by Gasteiger charge is -2.38. The molecule has 182 valence electrons. The Balaban J connectivity index is 1.53. The number of carbonyl (C=O) groups is 1. The van der Waals surface area contributed by atoms with Crippen molar-refractivity contribution in [1.82, 2.24) is 14.9 Å². The smallest absolute Gasteiger partial charge is 0.495 e. The molecule has 35 heavy (non-hydrogen) atoms. The predicted octanol–water partition coefficient (Wildman–Crippen LogP) is 3.82. The molecule has 4 rings (SSSR count). The molecule has 1 aromatic heterocycles. The minimum Gasteiger partial charge on any atom is -0.495 e. The molecule has 1 saturated heterocycles. The molecule has 1 unspecified atom stereocenters. The van der Waals surface area contributed by atoms with Crippen LogP contribution in [0.1, 0.15) is 22.9 Å². The monoisotopic (exact) mass is 485 g/mol. The number of nitrogens with one attached hydrogen (secondary N) is 1. The molecule has 1 aliphatic heterocycles. The lowest BCUT2D eigenvalue weighted by molar-refractivity contribution is -0.274. The molecule has 1 atom stereocenters. The van der Waals surface area contributed by atoms with E-state index in [0.717, 1.165) is 11.3 Å². The quantitative estimate of drug-likeness (QED) is 0.547. The summed E-state index contributed by atoms with van der Waals surface area (Å²) in [6.45, 7) is 0.824. The van der Waals surface area contributed by atoms with Gasteiger partial charge in [0.15, 0.2) is 0 Å². The zero-order valence-corrected chi connectivity index (χ0v) is 18.7. The number of nitriles is 1. The van der Waals surface area contributed by atoms with Gasteiger partial charge in [-0.3, -0.25) is 9.69 Å². The molecule has 1 aliphatic rings. The number of methoxy groups -OCH3 is 1. The maximum atomic E-state index is 13.1. The summed E-state index contributed by atoms with van der Waals surface area (Å²) in [5.74, 6) is -0.159. The van der Waals surface area contributed by atoms with Gasteiger partial charge in [0.1, 0.15) is 17.6 Å². The average molecular weight is 485 g/mol. The van der Waals surface area contributed by atoms with Gasteiger partial charge in [0, 0.05) is 31.0 Å². The second-order valence-corrected chi connectivity index (χ2v) is 7.93. The maximum absolute atomic E-state index is 13.1. The molecule has 0 saturated carbocycles. The standard InChI is InChI=1S/C24H22F3N5O3/c1-34-22-10-16(5-6-17(22)12-28)9-21(20-13-29-15-30-20)31-7-8-32(23(33)14-31)18-3-2-4-19(11-18)35-24(25,26)27/h2-6,10-11,13,15,21H,7-9,14H2,1H3,(H,29,30). The molecule has 0 bridgehead atoms. The molecule has 0 radical (unpaired) electrons. The normalized spacial score (nSPS) is 15.5. The number of amides is 1. The lowest BCUT2D eigenvalue weighted by atomic mass is 9.99. The van der Waals surface area contributed by atoms with Gasteiger partial charge in [-0.15, -0.1) is 13.2 Å². The first-order chi connectivity index (χ1) is 16.8. The topological polar surface area (TPSA) is 94.5 Å². The number of benzene rings is 2. The summed E-state index contributed by atoms with van der Waals surface area (Å²) in [7, 11) is 1.50. The number of aromatic amines is 1. The second-order valence-electron chi connectivity index (χ2n) is 7.93. The van der Waals surface area contributed by atoms with Crippen LogP contribution >= 0.6 is 0 Å². The van der Waals surface area contributed by atoms with Crippen molar-refractivity contribution in [2.75, 3.05) is 31.6 Å². The van der Waals surface area contributed by atoms with E-state index >= 15 is 0 Å². The van der Waals surface area contributed by atoms with Crippen LogP contribution in [0.25, 0.3) is 0 Å². The van der Waals surface area contributed by atoms with E-state index in [1.165, 1.54) is 30.2 Å². The van der Waals surface area contributed by atoms with Gasteiger partial charge in [-0.2, -0.15) is 5.26 Å². The van der Waals surface area contributed by atoms with Crippen LogP contribution in [0.5, 0.6) is 11.5 Å². The first-order valence-electron chi connectivity index (χ1n) is 10.7. The summed E-state index contributed by atoms with van der Waals surface area (Å²) < 4.78 is 47.1. The summed E-state index contributed by atoms with van der Waals surface area (Å²) in [6, 6.07) is 12.6. The van der Waals surface area contributed by atoms with Crippen LogP contribution in [0.4, 0.5) is 18.9 Å². The number of piperazine rings is 1. The van der Waals surface area contributed by atoms with Gasteiger partial charge in [0.2, 0.25) is 5.91 Å². The van der Waals surface area contributed by atoms with Crippen LogP contribution in [0.2, 0.25) is 0 Å². The lowest BCUT2D eigenvalue weighted by Crippen LogP contribution is -2.51. The minimum atomic E-state index is -4.81. The third-order valence-corrected chi connectivity index (χ3v) is 5.75. The highest BCUT2D eigenvalue weighted by Crippen LogP contribution is 2.31. The van der Waals surface area contributed by atoms with Crippen molar-refractivity contribution in [3.8, 4) is 17.6 Å². The number of halogens is 3.